The Morgan fingerprint density at radius 3 is 1.93 bits per heavy atom. The van der Waals surface area contributed by atoms with Crippen molar-refractivity contribution in [2.75, 3.05) is 6.54 Å². The van der Waals surface area contributed by atoms with E-state index in [2.05, 4.69) is 0 Å². The first-order chi connectivity index (χ1) is 13.9. The first kappa shape index (κ1) is 22.7. The van der Waals surface area contributed by atoms with Crippen LogP contribution in [-0.4, -0.2) is 46.6 Å². The summed E-state index contributed by atoms with van der Waals surface area (Å²) < 4.78 is 84.2. The van der Waals surface area contributed by atoms with Gasteiger partial charge in [0.05, 0.1) is 0 Å². The zero-order valence-corrected chi connectivity index (χ0v) is 16.0. The van der Waals surface area contributed by atoms with Gasteiger partial charge in [-0.25, -0.2) is 4.79 Å². The molecule has 30 heavy (non-hydrogen) atoms. The third kappa shape index (κ3) is 4.68. The monoisotopic (exact) mass is 439 g/mol. The first-order valence-corrected chi connectivity index (χ1v) is 9.83. The largest absolute Gasteiger partial charge is 0.426 e. The molecule has 10 heteroatoms. The molecule has 2 fully saturated rings. The highest BCUT2D eigenvalue weighted by molar-refractivity contribution is 5.71. The molecule has 0 heterocycles. The molecule has 1 amide bonds. The summed E-state index contributed by atoms with van der Waals surface area (Å²) in [6.45, 7) is 0.351. The Labute approximate surface area is 169 Å². The number of carbonyl (C=O) groups is 1. The predicted molar refractivity (Wildman–Crippen MR) is 94.7 cm³/mol. The molecule has 0 unspecified atom stereocenters. The number of hydrogen-bond acceptors (Lipinski definition) is 3. The zero-order chi connectivity index (χ0) is 22.2. The molecule has 0 spiro atoms. The summed E-state index contributed by atoms with van der Waals surface area (Å²) in [7, 11) is 0. The van der Waals surface area contributed by atoms with E-state index in [1.54, 1.807) is 30.3 Å². The molecule has 4 nitrogen and oxygen atoms in total. The normalized spacial score (nSPS) is 23.2. The SMILES string of the molecule is O=C(Oc1ccccc1)N(CC1CC1)C1CCC(C(O)(C(F)(F)F)C(F)(F)F)CC1. The lowest BCUT2D eigenvalue weighted by Crippen LogP contribution is -2.62. The van der Waals surface area contributed by atoms with Gasteiger partial charge in [-0.2, -0.15) is 26.3 Å². The summed E-state index contributed by atoms with van der Waals surface area (Å²) in [4.78, 5) is 14.1. The summed E-state index contributed by atoms with van der Waals surface area (Å²) in [6, 6.07) is 7.71. The number of halogens is 6. The molecule has 1 aromatic rings. The number of amides is 1. The smallest absolute Gasteiger partial charge is 0.410 e. The van der Waals surface area contributed by atoms with Crippen molar-refractivity contribution in [1.29, 1.82) is 0 Å². The van der Waals surface area contributed by atoms with Crippen LogP contribution >= 0.6 is 0 Å². The van der Waals surface area contributed by atoms with Gasteiger partial charge in [0.1, 0.15) is 5.75 Å². The fraction of sp³-hybridized carbons (Fsp3) is 0.650. The van der Waals surface area contributed by atoms with Crippen molar-refractivity contribution >= 4 is 6.09 Å². The van der Waals surface area contributed by atoms with Gasteiger partial charge in [0.15, 0.2) is 0 Å². The summed E-state index contributed by atoms with van der Waals surface area (Å²) in [5.74, 6) is -1.45. The van der Waals surface area contributed by atoms with Crippen LogP contribution < -0.4 is 4.74 Å². The molecular weight excluding hydrogens is 416 g/mol. The van der Waals surface area contributed by atoms with Crippen molar-refractivity contribution in [1.82, 2.24) is 4.90 Å². The molecule has 0 aromatic heterocycles. The van der Waals surface area contributed by atoms with Gasteiger partial charge in [-0.1, -0.05) is 18.2 Å². The average Bonchev–Trinajstić information content (AvgIpc) is 3.49. The molecule has 0 bridgehead atoms. The fourth-order valence-electron chi connectivity index (χ4n) is 4.03. The second-order valence-electron chi connectivity index (χ2n) is 8.04. The number of hydrogen-bond donors (Lipinski definition) is 1. The molecule has 168 valence electrons. The standard InChI is InChI=1S/C20H23F6NO3/c21-19(22,23)18(29,20(24,25)26)14-8-10-15(11-9-14)27(12-13-6-7-13)17(28)30-16-4-2-1-3-5-16/h1-5,13-15,29H,6-12H2. The van der Waals surface area contributed by atoms with E-state index >= 15 is 0 Å². The number of rotatable bonds is 5. The van der Waals surface area contributed by atoms with Gasteiger partial charge < -0.3 is 14.7 Å². The van der Waals surface area contributed by atoms with Crippen molar-refractivity contribution < 1.29 is 41.0 Å². The van der Waals surface area contributed by atoms with Gasteiger partial charge >= 0.3 is 18.4 Å². The van der Waals surface area contributed by atoms with Gasteiger partial charge in [0.25, 0.3) is 5.60 Å². The topological polar surface area (TPSA) is 49.8 Å². The maximum Gasteiger partial charge on any atom is 0.426 e. The quantitative estimate of drug-likeness (QED) is 0.633. The van der Waals surface area contributed by atoms with Crippen molar-refractivity contribution in [3.63, 3.8) is 0 Å². The lowest BCUT2D eigenvalue weighted by Gasteiger charge is -2.43. The molecule has 1 N–H and O–H groups in total. The van der Waals surface area contributed by atoms with E-state index in [9.17, 15) is 36.2 Å². The van der Waals surface area contributed by atoms with Crippen molar-refractivity contribution in [2.45, 2.75) is 62.5 Å². The maximum absolute atomic E-state index is 13.1. The van der Waals surface area contributed by atoms with Crippen LogP contribution in [0.1, 0.15) is 38.5 Å². The van der Waals surface area contributed by atoms with E-state index in [0.717, 1.165) is 12.8 Å². The molecule has 0 radical (unpaired) electrons. The Hall–Kier alpha value is -1.97. The molecule has 2 aliphatic rings. The van der Waals surface area contributed by atoms with Gasteiger partial charge in [0.2, 0.25) is 0 Å². The lowest BCUT2D eigenvalue weighted by molar-refractivity contribution is -0.387. The van der Waals surface area contributed by atoms with E-state index in [4.69, 9.17) is 4.74 Å². The molecule has 0 aliphatic heterocycles. The third-order valence-corrected chi connectivity index (χ3v) is 5.93. The highest BCUT2D eigenvalue weighted by atomic mass is 19.4. The second kappa shape index (κ2) is 8.28. The van der Waals surface area contributed by atoms with E-state index in [0.29, 0.717) is 12.3 Å². The maximum atomic E-state index is 13.1. The predicted octanol–water partition coefficient (Wildman–Crippen LogP) is 5.31. The molecule has 3 rings (SSSR count). The zero-order valence-electron chi connectivity index (χ0n) is 16.0. The van der Waals surface area contributed by atoms with Gasteiger partial charge in [0, 0.05) is 18.5 Å². The molecule has 2 aliphatic carbocycles. The Morgan fingerprint density at radius 2 is 1.47 bits per heavy atom. The minimum atomic E-state index is -5.83. The number of aliphatic hydroxyl groups is 1. The molecular formula is C20H23F6NO3. The van der Waals surface area contributed by atoms with Gasteiger partial charge in [-0.15, -0.1) is 0 Å². The Balaban J connectivity index is 1.70. The number of benzene rings is 1. The second-order valence-corrected chi connectivity index (χ2v) is 8.04. The van der Waals surface area contributed by atoms with Crippen LogP contribution in [0.3, 0.4) is 0 Å². The third-order valence-electron chi connectivity index (χ3n) is 5.93. The molecule has 0 atom stereocenters. The Kier molecular flexibility index (Phi) is 6.27. The molecule has 2 saturated carbocycles. The minimum absolute atomic E-state index is 0.0737. The highest BCUT2D eigenvalue weighted by Gasteiger charge is 2.73. The van der Waals surface area contributed by atoms with Crippen molar-refractivity contribution in [3.8, 4) is 5.75 Å². The number of para-hydroxylation sites is 1. The van der Waals surface area contributed by atoms with Crippen LogP contribution in [0.5, 0.6) is 5.75 Å². The number of nitrogens with zero attached hydrogens (tertiary/aromatic N) is 1. The van der Waals surface area contributed by atoms with Gasteiger partial charge in [-0.3, -0.25) is 0 Å². The van der Waals surface area contributed by atoms with Crippen LogP contribution in [0.4, 0.5) is 31.1 Å². The first-order valence-electron chi connectivity index (χ1n) is 9.83. The van der Waals surface area contributed by atoms with E-state index < -0.39 is 48.8 Å². The molecule has 1 aromatic carbocycles. The highest BCUT2D eigenvalue weighted by Crippen LogP contribution is 2.52. The van der Waals surface area contributed by atoms with Crippen LogP contribution in [0, 0.1) is 11.8 Å². The molecule has 0 saturated heterocycles. The van der Waals surface area contributed by atoms with E-state index in [-0.39, 0.29) is 18.8 Å². The van der Waals surface area contributed by atoms with E-state index in [1.165, 1.54) is 4.90 Å². The summed E-state index contributed by atoms with van der Waals surface area (Å²) in [5, 5.41) is 9.64. The van der Waals surface area contributed by atoms with Crippen LogP contribution in [0.2, 0.25) is 0 Å². The summed E-state index contributed by atoms with van der Waals surface area (Å²) >= 11 is 0. The Morgan fingerprint density at radius 1 is 0.933 bits per heavy atom. The number of carbonyl (C=O) groups excluding carboxylic acids is 1. The number of alkyl halides is 6. The fourth-order valence-corrected chi connectivity index (χ4v) is 4.03. The lowest BCUT2D eigenvalue weighted by atomic mass is 9.74. The van der Waals surface area contributed by atoms with Gasteiger partial charge in [-0.05, 0) is 56.6 Å². The van der Waals surface area contributed by atoms with Crippen LogP contribution in [0.25, 0.3) is 0 Å². The number of ether oxygens (including phenoxy) is 1. The Bertz CT molecular complexity index is 710. The van der Waals surface area contributed by atoms with Crippen molar-refractivity contribution in [3.05, 3.63) is 30.3 Å². The van der Waals surface area contributed by atoms with Crippen LogP contribution in [-0.2, 0) is 0 Å². The summed E-state index contributed by atoms with van der Waals surface area (Å²) in [6.07, 6.45) is -11.7. The summed E-state index contributed by atoms with van der Waals surface area (Å²) in [5.41, 5.74) is -4.75. The minimum Gasteiger partial charge on any atom is -0.410 e. The van der Waals surface area contributed by atoms with Crippen LogP contribution in [0.15, 0.2) is 30.3 Å². The average molecular weight is 439 g/mol. The van der Waals surface area contributed by atoms with Crippen molar-refractivity contribution in [2.24, 2.45) is 11.8 Å². The van der Waals surface area contributed by atoms with E-state index in [1.807, 2.05) is 0 Å².